The molecular weight excluding hydrogens is 957 g/mol. The molecule has 0 heterocycles. The standard InChI is InChI=1S/C43H48O7.C22H30O4/c1-29(2)11-8-9-12-30(3)13-10-14-31(4)15-22-38-32(5)42(48)39(28-43(38,6)7)50-41(47)24-23-40(46)49-37-20-18-33(19-21-37)16-17-34-25-35(44)27-36(45)26-34;1-7-8-9-15(2)10-12-18-17(4)21(25)19(14-22(18,5)6)26-20(24)13-11-16(3)23/h8-22,25-27,39,44-45H,23-24,28H2,1-7H3;7-10,12,19H,11,13-14H2,1-6H3/b9-8+,13-10+,17-16+,22-15+,30-12+,31-14+;8-7+,12-10+,15-9+. The molecule has 11 nitrogen and oxygen atoms in total. The molecule has 4 rings (SSSR count). The van der Waals surface area contributed by atoms with Crippen molar-refractivity contribution in [3.63, 3.8) is 0 Å². The number of phenols is 2. The second-order valence-electron chi connectivity index (χ2n) is 20.7. The minimum atomic E-state index is -0.921. The lowest BCUT2D eigenvalue weighted by molar-refractivity contribution is -0.157. The van der Waals surface area contributed by atoms with Crippen molar-refractivity contribution in [1.29, 1.82) is 0 Å². The smallest absolute Gasteiger partial charge is 0.311 e. The first-order valence-electron chi connectivity index (χ1n) is 25.6. The van der Waals surface area contributed by atoms with Crippen LogP contribution in [0.3, 0.4) is 0 Å². The summed E-state index contributed by atoms with van der Waals surface area (Å²) in [6.07, 6.45) is 30.4. The maximum absolute atomic E-state index is 13.2. The van der Waals surface area contributed by atoms with Gasteiger partial charge in [0.15, 0.2) is 23.8 Å². The third-order valence-corrected chi connectivity index (χ3v) is 12.4. The van der Waals surface area contributed by atoms with E-state index in [0.717, 1.165) is 33.4 Å². The van der Waals surface area contributed by atoms with E-state index in [1.807, 2.05) is 134 Å². The zero-order valence-electron chi connectivity index (χ0n) is 46.7. The zero-order valence-corrected chi connectivity index (χ0v) is 46.7. The van der Waals surface area contributed by atoms with Crippen LogP contribution in [-0.2, 0) is 38.2 Å². The van der Waals surface area contributed by atoms with Gasteiger partial charge in [-0.3, -0.25) is 24.0 Å². The molecule has 2 unspecified atom stereocenters. The van der Waals surface area contributed by atoms with E-state index in [9.17, 15) is 39.0 Å². The third-order valence-electron chi connectivity index (χ3n) is 12.4. The molecule has 2 aliphatic rings. The Morgan fingerprint density at radius 2 is 0.987 bits per heavy atom. The van der Waals surface area contributed by atoms with Gasteiger partial charge in [0.2, 0.25) is 0 Å². The molecule has 2 aromatic carbocycles. The first kappa shape index (κ1) is 62.6. The first-order chi connectivity index (χ1) is 35.7. The van der Waals surface area contributed by atoms with Gasteiger partial charge < -0.3 is 29.2 Å². The number of rotatable bonds is 20. The molecule has 0 radical (unpaired) electrons. The number of ketones is 3. The number of Topliss-reactive ketones (excluding diaryl/α,β-unsaturated/α-hetero) is 3. The largest absolute Gasteiger partial charge is 0.508 e. The second kappa shape index (κ2) is 30.0. The Morgan fingerprint density at radius 3 is 1.47 bits per heavy atom. The van der Waals surface area contributed by atoms with E-state index in [1.165, 1.54) is 30.7 Å². The summed E-state index contributed by atoms with van der Waals surface area (Å²) in [6.45, 7) is 25.2. The molecule has 0 spiro atoms. The second-order valence-corrected chi connectivity index (χ2v) is 20.7. The maximum Gasteiger partial charge on any atom is 0.311 e. The lowest BCUT2D eigenvalue weighted by Gasteiger charge is -2.36. The van der Waals surface area contributed by atoms with Crippen LogP contribution in [0.1, 0.15) is 140 Å². The van der Waals surface area contributed by atoms with Gasteiger partial charge >= 0.3 is 17.9 Å². The normalized spacial score (nSPS) is 18.3. The number of hydrogen-bond donors (Lipinski definition) is 2. The number of phenolic OH excluding ortho intramolecular Hbond substituents is 2. The van der Waals surface area contributed by atoms with Crippen molar-refractivity contribution in [2.75, 3.05) is 0 Å². The molecule has 0 amide bonds. The molecule has 76 heavy (non-hydrogen) atoms. The van der Waals surface area contributed by atoms with Crippen LogP contribution in [0.4, 0.5) is 0 Å². The van der Waals surface area contributed by atoms with E-state index in [-0.39, 0.29) is 59.9 Å². The van der Waals surface area contributed by atoms with Crippen LogP contribution in [0, 0.1) is 10.8 Å². The highest BCUT2D eigenvalue weighted by atomic mass is 16.6. The monoisotopic (exact) mass is 1030 g/mol. The third kappa shape index (κ3) is 21.7. The SMILES string of the molecule is C/C=C/C=C(C)/C=C/C1=C(C)C(=O)C(OC(=O)CCC(C)=O)CC1(C)C.CC(C)=C/C=C/C=C(C)/C=C/C=C(C)/C=C/C1=C(C)C(=O)C(OC(=O)CCC(=O)Oc2ccc(/C=C/c3cc(O)cc(O)c3)cc2)CC1(C)C. The summed E-state index contributed by atoms with van der Waals surface area (Å²) in [5, 5.41) is 19.2. The van der Waals surface area contributed by atoms with Gasteiger partial charge in [0.05, 0.1) is 19.3 Å². The molecule has 0 aliphatic heterocycles. The topological polar surface area (TPSA) is 171 Å². The molecule has 0 bridgehead atoms. The van der Waals surface area contributed by atoms with Gasteiger partial charge in [0.25, 0.3) is 0 Å². The number of esters is 3. The highest BCUT2D eigenvalue weighted by Crippen LogP contribution is 2.42. The number of hydrogen-bond acceptors (Lipinski definition) is 11. The Labute approximate surface area is 450 Å². The number of aromatic hydroxyl groups is 2. The highest BCUT2D eigenvalue weighted by molar-refractivity contribution is 6.02. The van der Waals surface area contributed by atoms with Crippen molar-refractivity contribution in [1.82, 2.24) is 0 Å². The quantitative estimate of drug-likeness (QED) is 0.0560. The fraction of sp³-hybridized carbons (Fsp3) is 0.354. The van der Waals surface area contributed by atoms with Crippen LogP contribution in [0.5, 0.6) is 17.2 Å². The molecule has 0 saturated carbocycles. The molecule has 2 atom stereocenters. The minimum absolute atomic E-state index is 0.0179. The van der Waals surface area contributed by atoms with E-state index >= 15 is 0 Å². The Balaban J connectivity index is 0.000000491. The molecule has 404 valence electrons. The maximum atomic E-state index is 13.2. The van der Waals surface area contributed by atoms with Crippen LogP contribution < -0.4 is 4.74 Å². The van der Waals surface area contributed by atoms with Crippen molar-refractivity contribution >= 4 is 47.4 Å². The van der Waals surface area contributed by atoms with Crippen LogP contribution in [0.25, 0.3) is 12.2 Å². The average molecular weight is 1040 g/mol. The van der Waals surface area contributed by atoms with E-state index in [4.69, 9.17) is 14.2 Å². The summed E-state index contributed by atoms with van der Waals surface area (Å²) < 4.78 is 16.3. The summed E-state index contributed by atoms with van der Waals surface area (Å²) in [5.74, 6) is -1.95. The Kier molecular flexibility index (Phi) is 24.8. The van der Waals surface area contributed by atoms with Gasteiger partial charge in [0.1, 0.15) is 23.0 Å². The number of benzene rings is 2. The van der Waals surface area contributed by atoms with E-state index in [0.29, 0.717) is 35.3 Å². The lowest BCUT2D eigenvalue weighted by atomic mass is 9.71. The first-order valence-corrected chi connectivity index (χ1v) is 25.6. The molecule has 0 aromatic heterocycles. The van der Waals surface area contributed by atoms with Gasteiger partial charge in [-0.1, -0.05) is 159 Å². The van der Waals surface area contributed by atoms with Crippen LogP contribution in [0.15, 0.2) is 172 Å². The van der Waals surface area contributed by atoms with E-state index in [2.05, 4.69) is 19.9 Å². The van der Waals surface area contributed by atoms with Crippen molar-refractivity contribution in [3.8, 4) is 17.2 Å². The predicted molar refractivity (Wildman–Crippen MR) is 304 cm³/mol. The molecule has 11 heteroatoms. The average Bonchev–Trinajstić information content (AvgIpc) is 3.33. The summed E-state index contributed by atoms with van der Waals surface area (Å²) in [7, 11) is 0. The van der Waals surface area contributed by atoms with E-state index in [1.54, 1.807) is 50.3 Å². The Hall–Kier alpha value is -7.66. The van der Waals surface area contributed by atoms with Crippen molar-refractivity contribution in [3.05, 3.63) is 183 Å². The van der Waals surface area contributed by atoms with Crippen LogP contribution >= 0.6 is 0 Å². The molecular formula is C65H78O11. The van der Waals surface area contributed by atoms with Gasteiger partial charge in [0, 0.05) is 25.3 Å². The highest BCUT2D eigenvalue weighted by Gasteiger charge is 2.41. The van der Waals surface area contributed by atoms with Gasteiger partial charge in [-0.2, -0.15) is 0 Å². The number of ether oxygens (including phenoxy) is 3. The van der Waals surface area contributed by atoms with E-state index < -0.39 is 35.5 Å². The predicted octanol–water partition coefficient (Wildman–Crippen LogP) is 14.4. The summed E-state index contributed by atoms with van der Waals surface area (Å²) >= 11 is 0. The number of carbonyl (C=O) groups excluding carboxylic acids is 6. The number of carbonyl (C=O) groups is 6. The lowest BCUT2D eigenvalue weighted by Crippen LogP contribution is -2.39. The van der Waals surface area contributed by atoms with Crippen molar-refractivity contribution in [2.24, 2.45) is 10.8 Å². The van der Waals surface area contributed by atoms with Crippen LogP contribution in [0.2, 0.25) is 0 Å². The molecule has 0 saturated heterocycles. The minimum Gasteiger partial charge on any atom is -0.508 e. The Morgan fingerprint density at radius 1 is 0.553 bits per heavy atom. The molecule has 2 N–H and O–H groups in total. The van der Waals surface area contributed by atoms with Gasteiger partial charge in [-0.05, 0) is 131 Å². The van der Waals surface area contributed by atoms with Gasteiger partial charge in [-0.15, -0.1) is 0 Å². The molecule has 2 aromatic rings. The zero-order chi connectivity index (χ0) is 56.8. The molecule has 2 aliphatic carbocycles. The molecule has 0 fully saturated rings. The van der Waals surface area contributed by atoms with Crippen LogP contribution in [-0.4, -0.2) is 57.7 Å². The Bertz CT molecular complexity index is 2810. The van der Waals surface area contributed by atoms with Crippen molar-refractivity contribution in [2.45, 2.75) is 141 Å². The fourth-order valence-electron chi connectivity index (χ4n) is 8.29. The summed E-state index contributed by atoms with van der Waals surface area (Å²) in [6, 6.07) is 11.0. The summed E-state index contributed by atoms with van der Waals surface area (Å²) in [5.41, 5.74) is 8.24. The van der Waals surface area contributed by atoms with Crippen molar-refractivity contribution < 1.29 is 53.2 Å². The van der Waals surface area contributed by atoms with Gasteiger partial charge in [-0.25, -0.2) is 0 Å². The number of allylic oxidation sites excluding steroid dienone is 20. The summed E-state index contributed by atoms with van der Waals surface area (Å²) in [4.78, 5) is 73.9. The fourth-order valence-corrected chi connectivity index (χ4v) is 8.29.